The lowest BCUT2D eigenvalue weighted by Gasteiger charge is -2.22. The Morgan fingerprint density at radius 3 is 2.81 bits per heavy atom. The molecule has 2 atom stereocenters. The molecule has 0 spiro atoms. The topological polar surface area (TPSA) is 59.6 Å². The number of hydrogen-bond donors (Lipinski definition) is 2. The summed E-state index contributed by atoms with van der Waals surface area (Å²) in [6, 6.07) is 5.73. The number of carbonyl (C=O) groups is 1. The maximum absolute atomic E-state index is 12.1. The molecule has 1 aromatic carbocycles. The minimum absolute atomic E-state index is 0. The molecule has 0 aromatic heterocycles. The molecular formula is C15H21ClN2O3. The third-order valence-corrected chi connectivity index (χ3v) is 3.80. The molecule has 1 amide bonds. The Hall–Kier alpha value is -1.46. The molecular weight excluding hydrogens is 292 g/mol. The van der Waals surface area contributed by atoms with Gasteiger partial charge >= 0.3 is 0 Å². The summed E-state index contributed by atoms with van der Waals surface area (Å²) in [6.07, 6.45) is 1.98. The summed E-state index contributed by atoms with van der Waals surface area (Å²) in [5, 5.41) is 6.25. The lowest BCUT2D eigenvalue weighted by molar-refractivity contribution is -0.123. The highest BCUT2D eigenvalue weighted by Crippen LogP contribution is 2.32. The van der Waals surface area contributed by atoms with E-state index in [2.05, 4.69) is 10.6 Å². The van der Waals surface area contributed by atoms with E-state index < -0.39 is 0 Å². The summed E-state index contributed by atoms with van der Waals surface area (Å²) >= 11 is 0. The second kappa shape index (κ2) is 7.00. The van der Waals surface area contributed by atoms with Gasteiger partial charge in [0.15, 0.2) is 11.5 Å². The van der Waals surface area contributed by atoms with Gasteiger partial charge in [-0.05, 0) is 44.0 Å². The van der Waals surface area contributed by atoms with Gasteiger partial charge in [0.05, 0.1) is 12.1 Å². The van der Waals surface area contributed by atoms with Gasteiger partial charge in [0, 0.05) is 0 Å². The highest BCUT2D eigenvalue weighted by atomic mass is 35.5. The Balaban J connectivity index is 0.00000161. The van der Waals surface area contributed by atoms with Gasteiger partial charge in [0.25, 0.3) is 0 Å². The first-order valence-electron chi connectivity index (χ1n) is 7.17. The van der Waals surface area contributed by atoms with Crippen molar-refractivity contribution in [3.63, 3.8) is 0 Å². The molecule has 6 heteroatoms. The lowest BCUT2D eigenvalue weighted by Crippen LogP contribution is -2.41. The number of rotatable bonds is 3. The summed E-state index contributed by atoms with van der Waals surface area (Å²) in [5.41, 5.74) is 1.03. The van der Waals surface area contributed by atoms with Gasteiger partial charge in [-0.2, -0.15) is 0 Å². The van der Waals surface area contributed by atoms with Crippen molar-refractivity contribution < 1.29 is 14.3 Å². The van der Waals surface area contributed by atoms with Crippen molar-refractivity contribution in [2.24, 2.45) is 0 Å². The highest BCUT2D eigenvalue weighted by Gasteiger charge is 2.23. The van der Waals surface area contributed by atoms with E-state index in [4.69, 9.17) is 9.47 Å². The normalized spacial score (nSPS) is 21.3. The molecule has 3 rings (SSSR count). The number of amides is 1. The van der Waals surface area contributed by atoms with Gasteiger partial charge < -0.3 is 20.1 Å². The minimum atomic E-state index is -0.0466. The van der Waals surface area contributed by atoms with Crippen LogP contribution in [0.15, 0.2) is 18.2 Å². The molecule has 2 aliphatic rings. The van der Waals surface area contributed by atoms with Crippen LogP contribution in [0.2, 0.25) is 0 Å². The molecule has 5 nitrogen and oxygen atoms in total. The average molecular weight is 313 g/mol. The number of ether oxygens (including phenoxy) is 2. The van der Waals surface area contributed by atoms with Crippen LogP contribution in [0.25, 0.3) is 0 Å². The van der Waals surface area contributed by atoms with E-state index in [9.17, 15) is 4.79 Å². The third kappa shape index (κ3) is 3.60. The van der Waals surface area contributed by atoms with Crippen molar-refractivity contribution in [2.45, 2.75) is 31.8 Å². The van der Waals surface area contributed by atoms with E-state index in [1.165, 1.54) is 0 Å². The molecule has 2 aliphatic heterocycles. The van der Waals surface area contributed by atoms with Crippen molar-refractivity contribution in [2.75, 3.05) is 19.8 Å². The van der Waals surface area contributed by atoms with Crippen LogP contribution in [0.1, 0.15) is 31.4 Å². The van der Waals surface area contributed by atoms with E-state index in [-0.39, 0.29) is 30.4 Å². The Morgan fingerprint density at radius 2 is 2.10 bits per heavy atom. The fourth-order valence-corrected chi connectivity index (χ4v) is 2.63. The second-order valence-electron chi connectivity index (χ2n) is 5.28. The third-order valence-electron chi connectivity index (χ3n) is 3.80. The Labute approximate surface area is 130 Å². The number of benzene rings is 1. The molecule has 21 heavy (non-hydrogen) atoms. The summed E-state index contributed by atoms with van der Waals surface area (Å²) in [5.74, 6) is 1.61. The molecule has 1 saturated heterocycles. The molecule has 0 bridgehead atoms. The van der Waals surface area contributed by atoms with E-state index in [0.717, 1.165) is 36.4 Å². The number of carbonyl (C=O) groups excluding carboxylic acids is 1. The fraction of sp³-hybridized carbons (Fsp3) is 0.533. The zero-order valence-electron chi connectivity index (χ0n) is 12.1. The van der Waals surface area contributed by atoms with Crippen LogP contribution in [0.3, 0.4) is 0 Å². The minimum Gasteiger partial charge on any atom is -0.486 e. The Morgan fingerprint density at radius 1 is 1.33 bits per heavy atom. The number of hydrogen-bond acceptors (Lipinski definition) is 4. The first kappa shape index (κ1) is 15.9. The predicted octanol–water partition coefficient (Wildman–Crippen LogP) is 1.81. The Kier molecular flexibility index (Phi) is 5.31. The van der Waals surface area contributed by atoms with Crippen LogP contribution in [0.4, 0.5) is 0 Å². The molecule has 1 aromatic rings. The SMILES string of the molecule is CC(NC(=O)C1CCCN1)c1ccc2c(c1)OCCO2.Cl. The van der Waals surface area contributed by atoms with Crippen LogP contribution >= 0.6 is 12.4 Å². The van der Waals surface area contributed by atoms with E-state index in [1.807, 2.05) is 25.1 Å². The van der Waals surface area contributed by atoms with E-state index >= 15 is 0 Å². The zero-order valence-corrected chi connectivity index (χ0v) is 12.9. The molecule has 0 radical (unpaired) electrons. The molecule has 1 fully saturated rings. The summed E-state index contributed by atoms with van der Waals surface area (Å²) in [4.78, 5) is 12.1. The predicted molar refractivity (Wildman–Crippen MR) is 82.3 cm³/mol. The number of fused-ring (bicyclic) bond motifs is 1. The first-order valence-corrected chi connectivity index (χ1v) is 7.17. The molecule has 116 valence electrons. The van der Waals surface area contributed by atoms with E-state index in [1.54, 1.807) is 0 Å². The van der Waals surface area contributed by atoms with Gasteiger partial charge in [-0.15, -0.1) is 12.4 Å². The average Bonchev–Trinajstić information content (AvgIpc) is 3.01. The van der Waals surface area contributed by atoms with Crippen LogP contribution in [0.5, 0.6) is 11.5 Å². The zero-order chi connectivity index (χ0) is 13.9. The monoisotopic (exact) mass is 312 g/mol. The molecule has 2 heterocycles. The molecule has 0 saturated carbocycles. The lowest BCUT2D eigenvalue weighted by atomic mass is 10.1. The Bertz CT molecular complexity index is 504. The van der Waals surface area contributed by atoms with Gasteiger partial charge in [-0.1, -0.05) is 6.07 Å². The standard InChI is InChI=1S/C15H20N2O3.ClH/c1-10(17-15(18)12-3-2-6-16-12)11-4-5-13-14(9-11)20-8-7-19-13;/h4-5,9-10,12,16H,2-3,6-8H2,1H3,(H,17,18);1H. The van der Waals surface area contributed by atoms with E-state index in [0.29, 0.717) is 13.2 Å². The number of halogens is 1. The van der Waals surface area contributed by atoms with Crippen LogP contribution in [-0.4, -0.2) is 31.7 Å². The van der Waals surface area contributed by atoms with Crippen LogP contribution in [-0.2, 0) is 4.79 Å². The van der Waals surface area contributed by atoms with Gasteiger partial charge in [0.1, 0.15) is 13.2 Å². The number of nitrogens with one attached hydrogen (secondary N) is 2. The summed E-state index contributed by atoms with van der Waals surface area (Å²) in [6.45, 7) is 4.07. The summed E-state index contributed by atoms with van der Waals surface area (Å²) < 4.78 is 11.1. The van der Waals surface area contributed by atoms with Gasteiger partial charge in [-0.3, -0.25) is 4.79 Å². The van der Waals surface area contributed by atoms with Crippen molar-refractivity contribution in [1.29, 1.82) is 0 Å². The maximum Gasteiger partial charge on any atom is 0.237 e. The highest BCUT2D eigenvalue weighted by molar-refractivity contribution is 5.85. The molecule has 2 N–H and O–H groups in total. The second-order valence-corrected chi connectivity index (χ2v) is 5.28. The molecule has 2 unspecified atom stereocenters. The van der Waals surface area contributed by atoms with Crippen molar-refractivity contribution in [3.05, 3.63) is 23.8 Å². The van der Waals surface area contributed by atoms with Gasteiger partial charge in [0.2, 0.25) is 5.91 Å². The van der Waals surface area contributed by atoms with Crippen LogP contribution < -0.4 is 20.1 Å². The fourth-order valence-electron chi connectivity index (χ4n) is 2.63. The molecule has 0 aliphatic carbocycles. The quantitative estimate of drug-likeness (QED) is 0.893. The first-order chi connectivity index (χ1) is 9.74. The van der Waals surface area contributed by atoms with Crippen LogP contribution in [0, 0.1) is 0 Å². The van der Waals surface area contributed by atoms with Crippen molar-refractivity contribution in [1.82, 2.24) is 10.6 Å². The smallest absolute Gasteiger partial charge is 0.237 e. The maximum atomic E-state index is 12.1. The summed E-state index contributed by atoms with van der Waals surface area (Å²) in [7, 11) is 0. The van der Waals surface area contributed by atoms with Gasteiger partial charge in [-0.25, -0.2) is 0 Å². The largest absolute Gasteiger partial charge is 0.486 e. The van der Waals surface area contributed by atoms with Crippen molar-refractivity contribution >= 4 is 18.3 Å². The van der Waals surface area contributed by atoms with Crippen molar-refractivity contribution in [3.8, 4) is 11.5 Å².